The molecule has 1 atom stereocenters. The summed E-state index contributed by atoms with van der Waals surface area (Å²) in [5.74, 6) is 0.0808. The van der Waals surface area contributed by atoms with Gasteiger partial charge in [0.25, 0.3) is 5.91 Å². The number of ether oxygens (including phenoxy) is 2. The van der Waals surface area contributed by atoms with Crippen molar-refractivity contribution in [2.24, 2.45) is 0 Å². The molecule has 0 aliphatic heterocycles. The number of aliphatic hydroxyl groups excluding tert-OH is 1. The number of hydrogen-bond donors (Lipinski definition) is 3. The standard InChI is InChI=1S/C12H18N2O4/c1-17-7-9(15)6-14-12(16)10-5-8(13)3-4-11(10)18-2/h3-5,9,15H,6-7,13H2,1-2H3,(H,14,16). The average molecular weight is 254 g/mol. The number of anilines is 1. The van der Waals surface area contributed by atoms with Crippen molar-refractivity contribution in [2.75, 3.05) is 33.1 Å². The Balaban J connectivity index is 2.68. The fraction of sp³-hybridized carbons (Fsp3) is 0.417. The van der Waals surface area contributed by atoms with Gasteiger partial charge in [0, 0.05) is 19.3 Å². The van der Waals surface area contributed by atoms with Gasteiger partial charge >= 0.3 is 0 Å². The van der Waals surface area contributed by atoms with Crippen molar-refractivity contribution in [3.8, 4) is 5.75 Å². The van der Waals surface area contributed by atoms with E-state index in [1.807, 2.05) is 0 Å². The first kappa shape index (κ1) is 14.3. The maximum Gasteiger partial charge on any atom is 0.255 e. The van der Waals surface area contributed by atoms with Gasteiger partial charge in [0.2, 0.25) is 0 Å². The van der Waals surface area contributed by atoms with Gasteiger partial charge in [0.1, 0.15) is 5.75 Å². The van der Waals surface area contributed by atoms with Gasteiger partial charge in [-0.15, -0.1) is 0 Å². The zero-order valence-electron chi connectivity index (χ0n) is 10.5. The lowest BCUT2D eigenvalue weighted by Crippen LogP contribution is -2.34. The monoisotopic (exact) mass is 254 g/mol. The van der Waals surface area contributed by atoms with Crippen LogP contribution in [-0.2, 0) is 4.74 Å². The lowest BCUT2D eigenvalue weighted by atomic mass is 10.1. The number of methoxy groups -OCH3 is 2. The van der Waals surface area contributed by atoms with Crippen LogP contribution in [0.3, 0.4) is 0 Å². The smallest absolute Gasteiger partial charge is 0.255 e. The number of amides is 1. The minimum Gasteiger partial charge on any atom is -0.496 e. The van der Waals surface area contributed by atoms with E-state index in [1.54, 1.807) is 12.1 Å². The van der Waals surface area contributed by atoms with E-state index >= 15 is 0 Å². The highest BCUT2D eigenvalue weighted by molar-refractivity contribution is 5.97. The Morgan fingerprint density at radius 2 is 2.22 bits per heavy atom. The molecule has 0 aromatic heterocycles. The third kappa shape index (κ3) is 3.90. The molecule has 18 heavy (non-hydrogen) atoms. The summed E-state index contributed by atoms with van der Waals surface area (Å²) in [6, 6.07) is 4.79. The number of nitrogens with one attached hydrogen (secondary N) is 1. The molecule has 0 heterocycles. The molecule has 0 fully saturated rings. The zero-order chi connectivity index (χ0) is 13.5. The van der Waals surface area contributed by atoms with E-state index < -0.39 is 6.10 Å². The first-order chi connectivity index (χ1) is 8.58. The van der Waals surface area contributed by atoms with Crippen molar-refractivity contribution in [1.82, 2.24) is 5.32 Å². The van der Waals surface area contributed by atoms with Crippen molar-refractivity contribution in [3.05, 3.63) is 23.8 Å². The molecule has 0 radical (unpaired) electrons. The van der Waals surface area contributed by atoms with E-state index in [0.717, 1.165) is 0 Å². The van der Waals surface area contributed by atoms with Crippen LogP contribution in [0.2, 0.25) is 0 Å². The molecule has 1 aromatic carbocycles. The van der Waals surface area contributed by atoms with Crippen LogP contribution in [-0.4, -0.2) is 44.5 Å². The molecule has 6 heteroatoms. The minimum absolute atomic E-state index is 0.102. The topological polar surface area (TPSA) is 93.8 Å². The average Bonchev–Trinajstić information content (AvgIpc) is 2.36. The minimum atomic E-state index is -0.744. The van der Waals surface area contributed by atoms with Crippen LogP contribution >= 0.6 is 0 Å². The number of carbonyl (C=O) groups is 1. The highest BCUT2D eigenvalue weighted by atomic mass is 16.5. The van der Waals surface area contributed by atoms with Gasteiger partial charge in [-0.2, -0.15) is 0 Å². The summed E-state index contributed by atoms with van der Waals surface area (Å²) >= 11 is 0. The molecule has 1 amide bonds. The lowest BCUT2D eigenvalue weighted by molar-refractivity contribution is 0.0609. The largest absolute Gasteiger partial charge is 0.496 e. The SMILES string of the molecule is COCC(O)CNC(=O)c1cc(N)ccc1OC. The molecule has 0 bridgehead atoms. The first-order valence-electron chi connectivity index (χ1n) is 5.47. The molecule has 1 aromatic rings. The van der Waals surface area contributed by atoms with Gasteiger partial charge in [0.05, 0.1) is 25.4 Å². The van der Waals surface area contributed by atoms with Crippen LogP contribution in [0, 0.1) is 0 Å². The molecule has 0 saturated heterocycles. The van der Waals surface area contributed by atoms with Gasteiger partial charge in [-0.25, -0.2) is 0 Å². The van der Waals surface area contributed by atoms with Gasteiger partial charge in [-0.1, -0.05) is 0 Å². The van der Waals surface area contributed by atoms with E-state index in [1.165, 1.54) is 20.3 Å². The Kier molecular flexibility index (Phi) is 5.41. The normalized spacial score (nSPS) is 11.9. The van der Waals surface area contributed by atoms with Crippen molar-refractivity contribution in [2.45, 2.75) is 6.10 Å². The summed E-state index contributed by atoms with van der Waals surface area (Å²) in [4.78, 5) is 11.9. The quantitative estimate of drug-likeness (QED) is 0.622. The fourth-order valence-corrected chi connectivity index (χ4v) is 1.46. The van der Waals surface area contributed by atoms with Crippen molar-refractivity contribution in [1.29, 1.82) is 0 Å². The lowest BCUT2D eigenvalue weighted by Gasteiger charge is -2.12. The first-order valence-corrected chi connectivity index (χ1v) is 5.47. The van der Waals surface area contributed by atoms with Crippen LogP contribution in [0.25, 0.3) is 0 Å². The molecule has 100 valence electrons. The number of hydrogen-bond acceptors (Lipinski definition) is 5. The fourth-order valence-electron chi connectivity index (χ4n) is 1.46. The Bertz CT molecular complexity index is 409. The molecule has 6 nitrogen and oxygen atoms in total. The Morgan fingerprint density at radius 3 is 2.83 bits per heavy atom. The molecule has 0 spiro atoms. The summed E-state index contributed by atoms with van der Waals surface area (Å²) in [7, 11) is 2.95. The number of nitrogens with two attached hydrogens (primary N) is 1. The molecular weight excluding hydrogens is 236 g/mol. The van der Waals surface area contributed by atoms with Crippen molar-refractivity contribution < 1.29 is 19.4 Å². The Labute approximate surface area is 106 Å². The molecule has 1 rings (SSSR count). The maximum atomic E-state index is 11.9. The summed E-state index contributed by atoms with van der Waals surface area (Å²) in [5, 5.41) is 12.0. The van der Waals surface area contributed by atoms with Crippen molar-refractivity contribution in [3.63, 3.8) is 0 Å². The van der Waals surface area contributed by atoms with Crippen LogP contribution in [0.1, 0.15) is 10.4 Å². The van der Waals surface area contributed by atoms with Crippen LogP contribution < -0.4 is 15.8 Å². The molecule has 0 aliphatic rings. The van der Waals surface area contributed by atoms with Crippen LogP contribution in [0.5, 0.6) is 5.75 Å². The number of nitrogen functional groups attached to an aromatic ring is 1. The van der Waals surface area contributed by atoms with Crippen LogP contribution in [0.15, 0.2) is 18.2 Å². The summed E-state index contributed by atoms with van der Waals surface area (Å²) in [6.45, 7) is 0.263. The predicted molar refractivity (Wildman–Crippen MR) is 67.6 cm³/mol. The second kappa shape index (κ2) is 6.83. The zero-order valence-corrected chi connectivity index (χ0v) is 10.5. The number of benzene rings is 1. The van der Waals surface area contributed by atoms with E-state index in [9.17, 15) is 9.90 Å². The second-order valence-electron chi connectivity index (χ2n) is 3.78. The molecule has 4 N–H and O–H groups in total. The molecule has 1 unspecified atom stereocenters. The van der Waals surface area contributed by atoms with Gasteiger partial charge < -0.3 is 25.6 Å². The Hall–Kier alpha value is -1.79. The number of rotatable bonds is 6. The predicted octanol–water partition coefficient (Wildman–Crippen LogP) is 0.0145. The van der Waals surface area contributed by atoms with Gasteiger partial charge in [-0.3, -0.25) is 4.79 Å². The summed E-state index contributed by atoms with van der Waals surface area (Å²) in [6.07, 6.45) is -0.744. The summed E-state index contributed by atoms with van der Waals surface area (Å²) in [5.41, 5.74) is 6.42. The van der Waals surface area contributed by atoms with Gasteiger partial charge in [0.15, 0.2) is 0 Å². The van der Waals surface area contributed by atoms with E-state index in [4.69, 9.17) is 15.2 Å². The van der Waals surface area contributed by atoms with Crippen LogP contribution in [0.4, 0.5) is 5.69 Å². The van der Waals surface area contributed by atoms with Gasteiger partial charge in [-0.05, 0) is 18.2 Å². The Morgan fingerprint density at radius 1 is 1.50 bits per heavy atom. The second-order valence-corrected chi connectivity index (χ2v) is 3.78. The maximum absolute atomic E-state index is 11.9. The van der Waals surface area contributed by atoms with E-state index in [2.05, 4.69) is 5.32 Å². The van der Waals surface area contributed by atoms with E-state index in [0.29, 0.717) is 17.0 Å². The molecule has 0 aliphatic carbocycles. The molecule has 0 saturated carbocycles. The third-order valence-electron chi connectivity index (χ3n) is 2.33. The molecular formula is C12H18N2O4. The van der Waals surface area contributed by atoms with E-state index in [-0.39, 0.29) is 19.1 Å². The highest BCUT2D eigenvalue weighted by Gasteiger charge is 2.13. The third-order valence-corrected chi connectivity index (χ3v) is 2.33. The summed E-state index contributed by atoms with van der Waals surface area (Å²) < 4.78 is 9.83. The van der Waals surface area contributed by atoms with Crippen molar-refractivity contribution >= 4 is 11.6 Å². The highest BCUT2D eigenvalue weighted by Crippen LogP contribution is 2.20. The number of carbonyl (C=O) groups excluding carboxylic acids is 1. The number of aliphatic hydroxyl groups is 1.